The summed E-state index contributed by atoms with van der Waals surface area (Å²) in [6.07, 6.45) is 3.19. The zero-order valence-electron chi connectivity index (χ0n) is 21.7. The number of unbranched alkanes of at least 4 members (excludes halogenated alkanes) is 2. The summed E-state index contributed by atoms with van der Waals surface area (Å²) in [4.78, 5) is 29.4. The fourth-order valence-electron chi connectivity index (χ4n) is 3.59. The molecule has 7 heteroatoms. The highest BCUT2D eigenvalue weighted by molar-refractivity contribution is 6.39. The second kappa shape index (κ2) is 12.7. The first-order chi connectivity index (χ1) is 17.3. The number of carbonyl (C=O) groups excluding carboxylic acids is 2. The average Bonchev–Trinajstić information content (AvgIpc) is 2.85. The average molecular weight is 490 g/mol. The van der Waals surface area contributed by atoms with Crippen molar-refractivity contribution in [3.05, 3.63) is 76.5 Å². The van der Waals surface area contributed by atoms with E-state index in [1.54, 1.807) is 19.1 Å². The van der Waals surface area contributed by atoms with Gasteiger partial charge in [-0.05, 0) is 69.0 Å². The van der Waals surface area contributed by atoms with Gasteiger partial charge in [-0.1, -0.05) is 44.0 Å². The zero-order chi connectivity index (χ0) is 26.1. The maximum absolute atomic E-state index is 12.5. The molecule has 0 aliphatic rings. The molecular weight excluding hydrogens is 454 g/mol. The van der Waals surface area contributed by atoms with Crippen LogP contribution in [0.5, 0.6) is 17.4 Å². The van der Waals surface area contributed by atoms with Crippen molar-refractivity contribution in [2.24, 2.45) is 0 Å². The van der Waals surface area contributed by atoms with E-state index in [0.717, 1.165) is 53.0 Å². The minimum atomic E-state index is -0.763. The summed E-state index contributed by atoms with van der Waals surface area (Å²) < 4.78 is 11.8. The Kier molecular flexibility index (Phi) is 9.45. The third-order valence-electron chi connectivity index (χ3n) is 5.95. The lowest BCUT2D eigenvalue weighted by atomic mass is 10.1. The van der Waals surface area contributed by atoms with Crippen LogP contribution in [0.15, 0.2) is 48.5 Å². The zero-order valence-corrected chi connectivity index (χ0v) is 21.7. The van der Waals surface area contributed by atoms with Crippen molar-refractivity contribution in [1.29, 1.82) is 0 Å². The van der Waals surface area contributed by atoms with E-state index in [4.69, 9.17) is 9.47 Å². The van der Waals surface area contributed by atoms with Crippen LogP contribution in [0.25, 0.3) is 0 Å². The van der Waals surface area contributed by atoms with Crippen LogP contribution in [0.4, 0.5) is 5.69 Å². The molecule has 36 heavy (non-hydrogen) atoms. The lowest BCUT2D eigenvalue weighted by Crippen LogP contribution is -2.35. The van der Waals surface area contributed by atoms with E-state index in [9.17, 15) is 9.59 Å². The minimum Gasteiger partial charge on any atom is -0.493 e. The monoisotopic (exact) mass is 489 g/mol. The van der Waals surface area contributed by atoms with Crippen LogP contribution < -0.4 is 20.1 Å². The Balaban J connectivity index is 1.58. The Morgan fingerprint density at radius 3 is 2.47 bits per heavy atom. The molecule has 0 saturated carbocycles. The molecule has 0 atom stereocenters. The Morgan fingerprint density at radius 2 is 1.72 bits per heavy atom. The number of aryl methyl sites for hydroxylation is 3. The number of carbonyl (C=O) groups is 2. The van der Waals surface area contributed by atoms with Gasteiger partial charge in [0.05, 0.1) is 18.0 Å². The van der Waals surface area contributed by atoms with Crippen LogP contribution >= 0.6 is 0 Å². The molecule has 0 fully saturated rings. The number of amides is 2. The SMILES string of the molecule is CCCCCOc1cc(C)ccc1CNC(=O)C(=O)Nc1ccc(Oc2cccc(C)c2C)nc1C. The maximum Gasteiger partial charge on any atom is 0.313 e. The number of hydrogen-bond acceptors (Lipinski definition) is 5. The molecule has 2 amide bonds. The number of pyridine rings is 1. The quantitative estimate of drug-likeness (QED) is 0.272. The van der Waals surface area contributed by atoms with Crippen LogP contribution in [0.2, 0.25) is 0 Å². The molecule has 0 unspecified atom stereocenters. The summed E-state index contributed by atoms with van der Waals surface area (Å²) in [5.41, 5.74) is 5.04. The van der Waals surface area contributed by atoms with E-state index in [1.807, 2.05) is 57.2 Å². The maximum atomic E-state index is 12.5. The third kappa shape index (κ3) is 7.31. The van der Waals surface area contributed by atoms with Crippen LogP contribution in [0.1, 0.15) is 54.1 Å². The Hall–Kier alpha value is -3.87. The molecule has 0 aliphatic carbocycles. The highest BCUT2D eigenvalue weighted by atomic mass is 16.5. The molecule has 7 nitrogen and oxygen atoms in total. The first kappa shape index (κ1) is 26.7. The number of rotatable bonds is 10. The first-order valence-corrected chi connectivity index (χ1v) is 12.3. The summed E-state index contributed by atoms with van der Waals surface area (Å²) in [5.74, 6) is 0.368. The lowest BCUT2D eigenvalue weighted by Gasteiger charge is -2.14. The predicted octanol–water partition coefficient (Wildman–Crippen LogP) is 5.93. The van der Waals surface area contributed by atoms with Gasteiger partial charge >= 0.3 is 11.8 Å². The summed E-state index contributed by atoms with van der Waals surface area (Å²) in [6, 6.07) is 15.0. The summed E-state index contributed by atoms with van der Waals surface area (Å²) >= 11 is 0. The van der Waals surface area contributed by atoms with E-state index in [2.05, 4.69) is 22.5 Å². The van der Waals surface area contributed by atoms with Crippen molar-refractivity contribution in [2.45, 2.75) is 60.4 Å². The van der Waals surface area contributed by atoms with E-state index < -0.39 is 11.8 Å². The van der Waals surface area contributed by atoms with Crippen molar-refractivity contribution in [3.63, 3.8) is 0 Å². The number of aromatic nitrogens is 1. The Morgan fingerprint density at radius 1 is 0.917 bits per heavy atom. The first-order valence-electron chi connectivity index (χ1n) is 12.3. The highest BCUT2D eigenvalue weighted by Gasteiger charge is 2.16. The Bertz CT molecular complexity index is 1220. The molecular formula is C29H35N3O4. The van der Waals surface area contributed by atoms with Gasteiger partial charge in [-0.3, -0.25) is 9.59 Å². The molecule has 1 aromatic heterocycles. The predicted molar refractivity (Wildman–Crippen MR) is 142 cm³/mol. The standard InChI is InChI=1S/C29H35N3O4/c1-6-7-8-16-35-26-17-19(2)12-13-23(26)18-30-28(33)29(34)32-24-14-15-27(31-22(24)5)36-25-11-9-10-20(3)21(25)4/h9-15,17H,6-8,16,18H2,1-5H3,(H,30,33)(H,32,34). The fraction of sp³-hybridized carbons (Fsp3) is 0.345. The molecule has 0 spiro atoms. The third-order valence-corrected chi connectivity index (χ3v) is 5.95. The summed E-state index contributed by atoms with van der Waals surface area (Å²) in [5, 5.41) is 5.31. The van der Waals surface area contributed by atoms with Gasteiger partial charge in [-0.25, -0.2) is 4.98 Å². The molecule has 0 radical (unpaired) electrons. The van der Waals surface area contributed by atoms with Gasteiger partial charge in [0.15, 0.2) is 0 Å². The molecule has 0 bridgehead atoms. The van der Waals surface area contributed by atoms with Crippen LogP contribution in [0.3, 0.4) is 0 Å². The summed E-state index contributed by atoms with van der Waals surface area (Å²) in [7, 11) is 0. The number of nitrogens with one attached hydrogen (secondary N) is 2. The van der Waals surface area contributed by atoms with Gasteiger partial charge in [0, 0.05) is 18.2 Å². The highest BCUT2D eigenvalue weighted by Crippen LogP contribution is 2.27. The van der Waals surface area contributed by atoms with E-state index >= 15 is 0 Å². The van der Waals surface area contributed by atoms with Crippen molar-refractivity contribution in [1.82, 2.24) is 10.3 Å². The number of hydrogen-bond donors (Lipinski definition) is 2. The molecule has 1 heterocycles. The molecule has 0 aliphatic heterocycles. The largest absolute Gasteiger partial charge is 0.493 e. The molecule has 3 aromatic rings. The van der Waals surface area contributed by atoms with Crippen molar-refractivity contribution in [2.75, 3.05) is 11.9 Å². The van der Waals surface area contributed by atoms with Crippen LogP contribution in [0, 0.1) is 27.7 Å². The van der Waals surface area contributed by atoms with Crippen LogP contribution in [-0.4, -0.2) is 23.4 Å². The molecule has 2 N–H and O–H groups in total. The van der Waals surface area contributed by atoms with Crippen molar-refractivity contribution < 1.29 is 19.1 Å². The summed E-state index contributed by atoms with van der Waals surface area (Å²) in [6.45, 7) is 10.7. The van der Waals surface area contributed by atoms with Crippen molar-refractivity contribution in [3.8, 4) is 17.4 Å². The number of anilines is 1. The molecule has 0 saturated heterocycles. The number of ether oxygens (including phenoxy) is 2. The normalized spacial score (nSPS) is 10.6. The van der Waals surface area contributed by atoms with Gasteiger partial charge < -0.3 is 20.1 Å². The number of nitrogens with zero attached hydrogens (tertiary/aromatic N) is 1. The minimum absolute atomic E-state index is 0.190. The molecule has 2 aromatic carbocycles. The van der Waals surface area contributed by atoms with E-state index in [1.165, 1.54) is 0 Å². The smallest absolute Gasteiger partial charge is 0.313 e. The topological polar surface area (TPSA) is 89.5 Å². The second-order valence-corrected chi connectivity index (χ2v) is 8.89. The second-order valence-electron chi connectivity index (χ2n) is 8.89. The fourth-order valence-corrected chi connectivity index (χ4v) is 3.59. The van der Waals surface area contributed by atoms with Crippen molar-refractivity contribution >= 4 is 17.5 Å². The molecule has 3 rings (SSSR count). The Labute approximate surface area is 213 Å². The van der Waals surface area contributed by atoms with Gasteiger partial charge in [-0.2, -0.15) is 0 Å². The van der Waals surface area contributed by atoms with Gasteiger partial charge in [-0.15, -0.1) is 0 Å². The van der Waals surface area contributed by atoms with E-state index in [-0.39, 0.29) is 6.54 Å². The van der Waals surface area contributed by atoms with E-state index in [0.29, 0.717) is 23.9 Å². The van der Waals surface area contributed by atoms with Gasteiger partial charge in [0.25, 0.3) is 0 Å². The number of benzene rings is 2. The lowest BCUT2D eigenvalue weighted by molar-refractivity contribution is -0.136. The van der Waals surface area contributed by atoms with Gasteiger partial charge in [0.1, 0.15) is 11.5 Å². The molecule has 190 valence electrons. The van der Waals surface area contributed by atoms with Crippen LogP contribution in [-0.2, 0) is 16.1 Å². The van der Waals surface area contributed by atoms with Gasteiger partial charge in [0.2, 0.25) is 5.88 Å².